The Hall–Kier alpha value is -3.36. The monoisotopic (exact) mass is 508 g/mol. The van der Waals surface area contributed by atoms with E-state index in [1.807, 2.05) is 36.4 Å². The van der Waals surface area contributed by atoms with Gasteiger partial charge in [-0.1, -0.05) is 34.1 Å². The van der Waals surface area contributed by atoms with Gasteiger partial charge in [0.2, 0.25) is 5.91 Å². The molecule has 2 aliphatic heterocycles. The third-order valence-electron chi connectivity index (χ3n) is 5.97. The zero-order chi connectivity index (χ0) is 23.1. The van der Waals surface area contributed by atoms with Gasteiger partial charge in [0.25, 0.3) is 5.91 Å². The lowest BCUT2D eigenvalue weighted by Crippen LogP contribution is -2.37. The number of benzene rings is 3. The average molecular weight is 509 g/mol. The second-order valence-corrected chi connectivity index (χ2v) is 8.67. The summed E-state index contributed by atoms with van der Waals surface area (Å²) in [5.41, 5.74) is 1.94. The summed E-state index contributed by atoms with van der Waals surface area (Å²) in [5, 5.41) is 1.64. The normalized spacial score (nSPS) is 22.0. The molecular weight excluding hydrogens is 488 g/mol. The quantitative estimate of drug-likeness (QED) is 0.472. The number of anilines is 2. The van der Waals surface area contributed by atoms with Crippen molar-refractivity contribution in [3.8, 4) is 11.5 Å². The van der Waals surface area contributed by atoms with Crippen LogP contribution in [0.15, 0.2) is 77.3 Å². The number of ether oxygens (including phenoxy) is 2. The molecule has 33 heavy (non-hydrogen) atoms. The van der Waals surface area contributed by atoms with Crippen molar-refractivity contribution < 1.29 is 23.9 Å². The molecule has 3 aromatic rings. The van der Waals surface area contributed by atoms with Crippen molar-refractivity contribution in [1.82, 2.24) is 0 Å². The summed E-state index contributed by atoms with van der Waals surface area (Å²) in [5.74, 6) is -0.280. The van der Waals surface area contributed by atoms with Gasteiger partial charge in [0, 0.05) is 10.0 Å². The van der Waals surface area contributed by atoms with Crippen LogP contribution in [-0.2, 0) is 14.4 Å². The standard InChI is InChI=1S/C25H21BrN2O5/c1-31-18-12-13-20(32-2)19(14-18)22-21-23(33-28(22)17-6-4-3-5-7-17)25(30)27(24(21)29)16-10-8-15(26)9-11-16/h3-14,21-23H,1-2H3/t21-,22-,23-/m1/s1. The first kappa shape index (κ1) is 21.5. The maximum absolute atomic E-state index is 13.7. The zero-order valence-corrected chi connectivity index (χ0v) is 19.6. The van der Waals surface area contributed by atoms with Crippen LogP contribution in [-0.4, -0.2) is 32.1 Å². The smallest absolute Gasteiger partial charge is 0.266 e. The first-order valence-electron chi connectivity index (χ1n) is 10.4. The molecule has 2 saturated heterocycles. The molecule has 8 heteroatoms. The summed E-state index contributed by atoms with van der Waals surface area (Å²) in [7, 11) is 3.15. The first-order valence-corrected chi connectivity index (χ1v) is 11.2. The Labute approximate surface area is 199 Å². The van der Waals surface area contributed by atoms with E-state index in [1.165, 1.54) is 4.90 Å². The van der Waals surface area contributed by atoms with E-state index in [2.05, 4.69) is 15.9 Å². The summed E-state index contributed by atoms with van der Waals surface area (Å²) >= 11 is 3.39. The molecule has 3 aromatic carbocycles. The van der Waals surface area contributed by atoms with Gasteiger partial charge in [-0.05, 0) is 54.6 Å². The number of para-hydroxylation sites is 1. The van der Waals surface area contributed by atoms with Crippen LogP contribution in [0.1, 0.15) is 11.6 Å². The lowest BCUT2D eigenvalue weighted by molar-refractivity contribution is -0.126. The molecule has 0 N–H and O–H groups in total. The SMILES string of the molecule is COc1ccc(OC)c([C@@H]2[C@H]3C(=O)N(c4ccc(Br)cc4)C(=O)[C@@H]3ON2c2ccccc2)c1. The summed E-state index contributed by atoms with van der Waals surface area (Å²) in [6.07, 6.45) is -0.956. The van der Waals surface area contributed by atoms with Gasteiger partial charge < -0.3 is 9.47 Å². The second-order valence-electron chi connectivity index (χ2n) is 7.75. The van der Waals surface area contributed by atoms with Gasteiger partial charge >= 0.3 is 0 Å². The molecule has 0 spiro atoms. The molecule has 2 fully saturated rings. The minimum atomic E-state index is -0.956. The molecule has 0 aliphatic carbocycles. The highest BCUT2D eigenvalue weighted by molar-refractivity contribution is 9.10. The van der Waals surface area contributed by atoms with Crippen molar-refractivity contribution in [3.63, 3.8) is 0 Å². The molecular formula is C25H21BrN2O5. The topological polar surface area (TPSA) is 68.3 Å². The number of amides is 2. The third kappa shape index (κ3) is 3.55. The highest BCUT2D eigenvalue weighted by Crippen LogP contribution is 2.50. The molecule has 7 nitrogen and oxygen atoms in total. The summed E-state index contributed by atoms with van der Waals surface area (Å²) in [6.45, 7) is 0. The van der Waals surface area contributed by atoms with Crippen LogP contribution in [0.2, 0.25) is 0 Å². The first-order chi connectivity index (χ1) is 16.0. The van der Waals surface area contributed by atoms with Gasteiger partial charge in [0.1, 0.15) is 23.5 Å². The predicted octanol–water partition coefficient (Wildman–Crippen LogP) is 4.52. The molecule has 0 unspecified atom stereocenters. The minimum absolute atomic E-state index is 0.319. The van der Waals surface area contributed by atoms with Crippen LogP contribution >= 0.6 is 15.9 Å². The average Bonchev–Trinajstić information content (AvgIpc) is 3.36. The molecule has 2 amide bonds. The molecule has 2 aliphatic rings. The second kappa shape index (κ2) is 8.53. The highest BCUT2D eigenvalue weighted by Gasteiger charge is 2.60. The maximum Gasteiger partial charge on any atom is 0.266 e. The number of hydrogen-bond donors (Lipinski definition) is 0. The number of nitrogens with zero attached hydrogens (tertiary/aromatic N) is 2. The van der Waals surface area contributed by atoms with Crippen molar-refractivity contribution in [2.75, 3.05) is 24.2 Å². The molecule has 5 rings (SSSR count). The Kier molecular flexibility index (Phi) is 5.55. The lowest BCUT2D eigenvalue weighted by atomic mass is 9.89. The van der Waals surface area contributed by atoms with Crippen LogP contribution < -0.4 is 19.4 Å². The van der Waals surface area contributed by atoms with Crippen LogP contribution in [0.5, 0.6) is 11.5 Å². The third-order valence-corrected chi connectivity index (χ3v) is 6.50. The number of fused-ring (bicyclic) bond motifs is 1. The Bertz CT molecular complexity index is 1200. The van der Waals surface area contributed by atoms with Gasteiger partial charge in [-0.2, -0.15) is 0 Å². The highest BCUT2D eigenvalue weighted by atomic mass is 79.9. The zero-order valence-electron chi connectivity index (χ0n) is 18.0. The number of hydrogen-bond acceptors (Lipinski definition) is 6. The summed E-state index contributed by atoms with van der Waals surface area (Å²) in [6, 6.07) is 21.3. The van der Waals surface area contributed by atoms with Crippen LogP contribution in [0.25, 0.3) is 0 Å². The van der Waals surface area contributed by atoms with E-state index in [0.29, 0.717) is 22.7 Å². The Balaban J connectivity index is 1.63. The minimum Gasteiger partial charge on any atom is -0.497 e. The molecule has 3 atom stereocenters. The van der Waals surface area contributed by atoms with Gasteiger partial charge in [0.15, 0.2) is 6.10 Å². The molecule has 0 aromatic heterocycles. The number of imide groups is 1. The number of methoxy groups -OCH3 is 2. The lowest BCUT2D eigenvalue weighted by Gasteiger charge is -2.29. The van der Waals surface area contributed by atoms with Crippen LogP contribution in [0, 0.1) is 5.92 Å². The van der Waals surface area contributed by atoms with E-state index in [-0.39, 0.29) is 5.91 Å². The van der Waals surface area contributed by atoms with Gasteiger partial charge in [-0.3, -0.25) is 14.4 Å². The number of carbonyl (C=O) groups is 2. The van der Waals surface area contributed by atoms with E-state index >= 15 is 0 Å². The fourth-order valence-corrected chi connectivity index (χ4v) is 4.71. The van der Waals surface area contributed by atoms with E-state index in [1.54, 1.807) is 55.7 Å². The number of halogens is 1. The molecule has 2 heterocycles. The molecule has 0 bridgehead atoms. The van der Waals surface area contributed by atoms with Crippen LogP contribution in [0.4, 0.5) is 11.4 Å². The van der Waals surface area contributed by atoms with E-state index < -0.39 is 24.0 Å². The molecule has 168 valence electrons. The summed E-state index contributed by atoms with van der Waals surface area (Å²) in [4.78, 5) is 34.5. The molecule has 0 saturated carbocycles. The van der Waals surface area contributed by atoms with Crippen molar-refractivity contribution in [3.05, 3.63) is 82.8 Å². The van der Waals surface area contributed by atoms with E-state index in [9.17, 15) is 9.59 Å². The Morgan fingerprint density at radius 3 is 2.24 bits per heavy atom. The van der Waals surface area contributed by atoms with Gasteiger partial charge in [-0.15, -0.1) is 0 Å². The van der Waals surface area contributed by atoms with Crippen molar-refractivity contribution >= 4 is 39.1 Å². The Morgan fingerprint density at radius 2 is 1.58 bits per heavy atom. The van der Waals surface area contributed by atoms with Crippen molar-refractivity contribution in [1.29, 1.82) is 0 Å². The predicted molar refractivity (Wildman–Crippen MR) is 126 cm³/mol. The Morgan fingerprint density at radius 1 is 0.848 bits per heavy atom. The number of rotatable bonds is 5. The fourth-order valence-electron chi connectivity index (χ4n) is 4.44. The van der Waals surface area contributed by atoms with E-state index in [0.717, 1.165) is 10.2 Å². The van der Waals surface area contributed by atoms with Crippen molar-refractivity contribution in [2.45, 2.75) is 12.1 Å². The van der Waals surface area contributed by atoms with Crippen molar-refractivity contribution in [2.24, 2.45) is 5.92 Å². The number of carbonyl (C=O) groups excluding carboxylic acids is 2. The van der Waals surface area contributed by atoms with Gasteiger partial charge in [-0.25, -0.2) is 9.96 Å². The summed E-state index contributed by atoms with van der Waals surface area (Å²) < 4.78 is 11.9. The number of hydroxylamine groups is 1. The largest absolute Gasteiger partial charge is 0.497 e. The molecule has 0 radical (unpaired) electrons. The van der Waals surface area contributed by atoms with Crippen LogP contribution in [0.3, 0.4) is 0 Å². The fraction of sp³-hybridized carbons (Fsp3) is 0.200. The van der Waals surface area contributed by atoms with Gasteiger partial charge in [0.05, 0.1) is 25.6 Å². The van der Waals surface area contributed by atoms with E-state index in [4.69, 9.17) is 14.3 Å². The maximum atomic E-state index is 13.7.